The molecule has 6 heteroatoms. The van der Waals surface area contributed by atoms with E-state index in [-0.39, 0.29) is 24.6 Å². The molecule has 2 heterocycles. The van der Waals surface area contributed by atoms with E-state index >= 15 is 0 Å². The Kier molecular flexibility index (Phi) is 3.93. The molecule has 1 aromatic heterocycles. The van der Waals surface area contributed by atoms with Crippen LogP contribution in [-0.4, -0.2) is 28.8 Å². The van der Waals surface area contributed by atoms with Crippen molar-refractivity contribution >= 4 is 11.6 Å². The van der Waals surface area contributed by atoms with E-state index in [4.69, 9.17) is 9.15 Å². The first-order valence-corrected chi connectivity index (χ1v) is 8.14. The smallest absolute Gasteiger partial charge is 0.415 e. The summed E-state index contributed by atoms with van der Waals surface area (Å²) < 4.78 is 10.9. The molecule has 25 heavy (non-hydrogen) atoms. The van der Waals surface area contributed by atoms with Crippen LogP contribution in [0.1, 0.15) is 12.5 Å². The third-order valence-corrected chi connectivity index (χ3v) is 4.22. The number of ether oxygens (including phenoxy) is 1. The zero-order valence-corrected chi connectivity index (χ0v) is 13.8. The third-order valence-electron chi connectivity index (χ3n) is 4.22. The zero-order valence-electron chi connectivity index (χ0n) is 13.8. The second kappa shape index (κ2) is 6.39. The molecule has 0 bridgehead atoms. The highest BCUT2D eigenvalue weighted by molar-refractivity contribution is 5.97. The summed E-state index contributed by atoms with van der Waals surface area (Å²) in [5.74, 6) is 0.236. The Morgan fingerprint density at radius 2 is 1.92 bits per heavy atom. The summed E-state index contributed by atoms with van der Waals surface area (Å²) >= 11 is 0. The lowest BCUT2D eigenvalue weighted by atomic mass is 10.1. The maximum Gasteiger partial charge on any atom is 0.415 e. The number of carbonyl (C=O) groups is 1. The predicted molar refractivity (Wildman–Crippen MR) is 92.3 cm³/mol. The molecule has 0 saturated heterocycles. The van der Waals surface area contributed by atoms with Crippen LogP contribution in [0.3, 0.4) is 0 Å². The molecule has 4 rings (SSSR count). The Balaban J connectivity index is 1.44. The predicted octanol–water partition coefficient (Wildman–Crippen LogP) is 3.09. The summed E-state index contributed by atoms with van der Waals surface area (Å²) in [5, 5.41) is 7.79. The number of fused-ring (bicyclic) bond motifs is 1. The van der Waals surface area contributed by atoms with Crippen molar-refractivity contribution in [2.24, 2.45) is 0 Å². The highest BCUT2D eigenvalue weighted by Gasteiger charge is 2.30. The molecule has 6 nitrogen and oxygen atoms in total. The first-order valence-electron chi connectivity index (χ1n) is 8.14. The zero-order chi connectivity index (χ0) is 17.2. The largest absolute Gasteiger partial charge is 0.439 e. The topological polar surface area (TPSA) is 68.5 Å². The number of amides is 1. The minimum Gasteiger partial charge on any atom is -0.439 e. The molecule has 0 saturated carbocycles. The van der Waals surface area contributed by atoms with E-state index in [1.54, 1.807) is 4.90 Å². The molecule has 0 spiro atoms. The lowest BCUT2D eigenvalue weighted by Gasteiger charge is -2.22. The van der Waals surface area contributed by atoms with Gasteiger partial charge in [-0.25, -0.2) is 0 Å². The Bertz CT molecular complexity index is 892. The number of nitrogens with zero attached hydrogens (tertiary/aromatic N) is 3. The fourth-order valence-corrected chi connectivity index (χ4v) is 3.10. The van der Waals surface area contributed by atoms with Gasteiger partial charge in [0.05, 0.1) is 0 Å². The van der Waals surface area contributed by atoms with Gasteiger partial charge in [-0.15, -0.1) is 5.10 Å². The normalized spacial score (nSPS) is 15.9. The van der Waals surface area contributed by atoms with Gasteiger partial charge in [0, 0.05) is 17.3 Å². The molecule has 1 aliphatic heterocycles. The summed E-state index contributed by atoms with van der Waals surface area (Å²) in [5.41, 5.74) is 2.92. The van der Waals surface area contributed by atoms with Gasteiger partial charge in [0.15, 0.2) is 6.61 Å². The lowest BCUT2D eigenvalue weighted by Crippen LogP contribution is -2.39. The molecule has 0 N–H and O–H groups in total. The average Bonchev–Trinajstić information content (AvgIpc) is 3.24. The van der Waals surface area contributed by atoms with Crippen LogP contribution in [-0.2, 0) is 11.2 Å². The number of benzene rings is 2. The summed E-state index contributed by atoms with van der Waals surface area (Å²) in [6.45, 7) is 1.88. The van der Waals surface area contributed by atoms with Crippen molar-refractivity contribution in [1.82, 2.24) is 10.2 Å². The quantitative estimate of drug-likeness (QED) is 0.733. The minimum absolute atomic E-state index is 0.00709. The van der Waals surface area contributed by atoms with Gasteiger partial charge < -0.3 is 14.1 Å². The Hall–Kier alpha value is -3.15. The summed E-state index contributed by atoms with van der Waals surface area (Å²) in [6.07, 6.45) is 0.841. The van der Waals surface area contributed by atoms with Crippen molar-refractivity contribution in [2.75, 3.05) is 11.5 Å². The standard InChI is InChI=1S/C19H17N3O3/c1-13-11-15-9-5-6-10-16(15)22(13)17(23)12-24-19-21-20-18(25-19)14-7-3-2-4-8-14/h2-10,13H,11-12H2,1H3/t13-/m0/s1. The molecule has 1 atom stereocenters. The molecule has 0 radical (unpaired) electrons. The molecule has 1 amide bonds. The van der Waals surface area contributed by atoms with Crippen molar-refractivity contribution < 1.29 is 13.9 Å². The van der Waals surface area contributed by atoms with Gasteiger partial charge >= 0.3 is 6.08 Å². The summed E-state index contributed by atoms with van der Waals surface area (Å²) in [7, 11) is 0. The van der Waals surface area contributed by atoms with Crippen LogP contribution in [0.5, 0.6) is 6.08 Å². The molecule has 3 aromatic rings. The van der Waals surface area contributed by atoms with E-state index < -0.39 is 0 Å². The molecule has 0 fully saturated rings. The van der Waals surface area contributed by atoms with Crippen LogP contribution in [0.15, 0.2) is 59.0 Å². The SMILES string of the molecule is C[C@H]1Cc2ccccc2N1C(=O)COc1nnc(-c2ccccc2)o1. The van der Waals surface area contributed by atoms with Crippen LogP contribution in [0.4, 0.5) is 5.69 Å². The maximum absolute atomic E-state index is 12.6. The van der Waals surface area contributed by atoms with Gasteiger partial charge in [-0.05, 0) is 37.1 Å². The number of carbonyl (C=O) groups excluding carboxylic acids is 1. The van der Waals surface area contributed by atoms with Crippen LogP contribution in [0, 0.1) is 0 Å². The highest BCUT2D eigenvalue weighted by Crippen LogP contribution is 2.31. The van der Waals surface area contributed by atoms with E-state index in [2.05, 4.69) is 10.2 Å². The van der Waals surface area contributed by atoms with E-state index in [1.165, 1.54) is 5.56 Å². The molecule has 2 aromatic carbocycles. The fourth-order valence-electron chi connectivity index (χ4n) is 3.10. The molecule has 126 valence electrons. The van der Waals surface area contributed by atoms with Crippen molar-refractivity contribution in [3.8, 4) is 17.5 Å². The molecular weight excluding hydrogens is 318 g/mol. The first-order chi connectivity index (χ1) is 12.2. The maximum atomic E-state index is 12.6. The first kappa shape index (κ1) is 15.4. The van der Waals surface area contributed by atoms with Crippen LogP contribution in [0.25, 0.3) is 11.5 Å². The Labute approximate surface area is 145 Å². The van der Waals surface area contributed by atoms with Crippen LogP contribution >= 0.6 is 0 Å². The van der Waals surface area contributed by atoms with Gasteiger partial charge in [-0.2, -0.15) is 0 Å². The second-order valence-corrected chi connectivity index (χ2v) is 5.97. The van der Waals surface area contributed by atoms with Gasteiger partial charge in [0.2, 0.25) is 0 Å². The van der Waals surface area contributed by atoms with Crippen LogP contribution in [0.2, 0.25) is 0 Å². The molecule has 0 aliphatic carbocycles. The van der Waals surface area contributed by atoms with Crippen molar-refractivity contribution in [1.29, 1.82) is 0 Å². The summed E-state index contributed by atoms with van der Waals surface area (Å²) in [6, 6.07) is 17.4. The van der Waals surface area contributed by atoms with Crippen molar-refractivity contribution in [2.45, 2.75) is 19.4 Å². The number of rotatable bonds is 4. The Morgan fingerprint density at radius 3 is 2.76 bits per heavy atom. The van der Waals surface area contributed by atoms with E-state index in [0.29, 0.717) is 5.89 Å². The Morgan fingerprint density at radius 1 is 1.16 bits per heavy atom. The third kappa shape index (κ3) is 2.98. The molecular formula is C19H17N3O3. The highest BCUT2D eigenvalue weighted by atomic mass is 16.6. The summed E-state index contributed by atoms with van der Waals surface area (Å²) in [4.78, 5) is 14.3. The van der Waals surface area contributed by atoms with Gasteiger partial charge in [-0.1, -0.05) is 41.5 Å². The monoisotopic (exact) mass is 335 g/mol. The number of hydrogen-bond donors (Lipinski definition) is 0. The number of hydrogen-bond acceptors (Lipinski definition) is 5. The number of para-hydroxylation sites is 1. The second-order valence-electron chi connectivity index (χ2n) is 5.97. The van der Waals surface area contributed by atoms with E-state index in [0.717, 1.165) is 17.7 Å². The van der Waals surface area contributed by atoms with Crippen LogP contribution < -0.4 is 9.64 Å². The van der Waals surface area contributed by atoms with Crippen molar-refractivity contribution in [3.05, 3.63) is 60.2 Å². The van der Waals surface area contributed by atoms with Gasteiger partial charge in [-0.3, -0.25) is 4.79 Å². The molecule has 0 unspecified atom stereocenters. The number of aromatic nitrogens is 2. The van der Waals surface area contributed by atoms with Gasteiger partial charge in [0.1, 0.15) is 0 Å². The lowest BCUT2D eigenvalue weighted by molar-refractivity contribution is -0.121. The van der Waals surface area contributed by atoms with Gasteiger partial charge in [0.25, 0.3) is 11.8 Å². The number of anilines is 1. The van der Waals surface area contributed by atoms with E-state index in [1.807, 2.05) is 61.5 Å². The van der Waals surface area contributed by atoms with Crippen molar-refractivity contribution in [3.63, 3.8) is 0 Å². The average molecular weight is 335 g/mol. The minimum atomic E-state index is -0.144. The molecule has 1 aliphatic rings. The van der Waals surface area contributed by atoms with E-state index in [9.17, 15) is 4.79 Å². The fraction of sp³-hybridized carbons (Fsp3) is 0.211.